The molecule has 1 atom stereocenters. The number of nitrogens with zero attached hydrogens (tertiary/aromatic N) is 6. The summed E-state index contributed by atoms with van der Waals surface area (Å²) in [4.78, 5) is 16.7. The molecule has 0 aromatic carbocycles. The summed E-state index contributed by atoms with van der Waals surface area (Å²) in [7, 11) is 1.75. The number of nitrogens with one attached hydrogen (secondary N) is 1. The summed E-state index contributed by atoms with van der Waals surface area (Å²) in [6.45, 7) is 7.40. The Morgan fingerprint density at radius 2 is 2.03 bits per heavy atom. The van der Waals surface area contributed by atoms with E-state index < -0.39 is 0 Å². The van der Waals surface area contributed by atoms with Gasteiger partial charge in [0.25, 0.3) is 0 Å². The number of hydrogen-bond donors (Lipinski definition) is 2. The SMILES string of the molecule is CCc1nc2c(N)ncc(-c3cnn(C4CCN(CCOC)CC4)c3)c2nc1N[C@H]1CCOC1. The number of methoxy groups -OCH3 is 1. The van der Waals surface area contributed by atoms with E-state index in [9.17, 15) is 0 Å². The van der Waals surface area contributed by atoms with E-state index in [0.717, 1.165) is 86.7 Å². The van der Waals surface area contributed by atoms with Gasteiger partial charge in [-0.1, -0.05) is 6.92 Å². The lowest BCUT2D eigenvalue weighted by atomic mass is 10.1. The van der Waals surface area contributed by atoms with Gasteiger partial charge >= 0.3 is 0 Å². The highest BCUT2D eigenvalue weighted by Crippen LogP contribution is 2.32. The van der Waals surface area contributed by atoms with Gasteiger partial charge in [-0.15, -0.1) is 0 Å². The third-order valence-electron chi connectivity index (χ3n) is 6.86. The Morgan fingerprint density at radius 1 is 1.18 bits per heavy atom. The number of aromatic nitrogens is 5. The van der Waals surface area contributed by atoms with Gasteiger partial charge in [0, 0.05) is 56.9 Å². The van der Waals surface area contributed by atoms with Crippen molar-refractivity contribution in [1.29, 1.82) is 0 Å². The second-order valence-electron chi connectivity index (χ2n) is 9.11. The lowest BCUT2D eigenvalue weighted by molar-refractivity contribution is 0.119. The highest BCUT2D eigenvalue weighted by atomic mass is 16.5. The minimum atomic E-state index is 0.247. The molecule has 2 saturated heterocycles. The number of piperidine rings is 1. The van der Waals surface area contributed by atoms with Crippen molar-refractivity contribution in [2.24, 2.45) is 0 Å². The minimum absolute atomic E-state index is 0.247. The molecule has 10 nitrogen and oxygen atoms in total. The van der Waals surface area contributed by atoms with Crippen LogP contribution in [0.5, 0.6) is 0 Å². The molecule has 0 saturated carbocycles. The summed E-state index contributed by atoms with van der Waals surface area (Å²) < 4.78 is 12.8. The van der Waals surface area contributed by atoms with E-state index in [1.54, 1.807) is 13.3 Å². The zero-order valence-corrected chi connectivity index (χ0v) is 20.0. The van der Waals surface area contributed by atoms with Crippen LogP contribution < -0.4 is 11.1 Å². The standard InChI is InChI=1S/C24H34N8O2/c1-3-20-24(28-17-6-10-34-15-17)30-21-19(13-26-23(25)22(21)29-20)16-12-27-32(14-16)18-4-7-31(8-5-18)9-11-33-2/h12-14,17-18H,3-11,15H2,1-2H3,(H2,25,26)(H,28,30)/t17-/m0/s1. The average Bonchev–Trinajstić information content (AvgIpc) is 3.56. The first-order valence-corrected chi connectivity index (χ1v) is 12.2. The highest BCUT2D eigenvalue weighted by molar-refractivity contribution is 5.96. The molecule has 0 amide bonds. The number of ether oxygens (including phenoxy) is 2. The van der Waals surface area contributed by atoms with Crippen molar-refractivity contribution < 1.29 is 9.47 Å². The molecule has 3 aromatic heterocycles. The molecule has 3 aromatic rings. The van der Waals surface area contributed by atoms with Gasteiger partial charge in [-0.2, -0.15) is 5.10 Å². The number of fused-ring (bicyclic) bond motifs is 1. The van der Waals surface area contributed by atoms with Gasteiger partial charge in [0.1, 0.15) is 16.9 Å². The van der Waals surface area contributed by atoms with Crippen LogP contribution in [0.1, 0.15) is 37.9 Å². The van der Waals surface area contributed by atoms with Gasteiger partial charge in [0.2, 0.25) is 0 Å². The molecule has 2 aliphatic heterocycles. The van der Waals surface area contributed by atoms with Crippen molar-refractivity contribution in [1.82, 2.24) is 29.6 Å². The second-order valence-corrected chi connectivity index (χ2v) is 9.11. The monoisotopic (exact) mass is 466 g/mol. The predicted octanol–water partition coefficient (Wildman–Crippen LogP) is 2.52. The Hall–Kier alpha value is -2.82. The van der Waals surface area contributed by atoms with Gasteiger partial charge in [-0.3, -0.25) is 4.68 Å². The van der Waals surface area contributed by atoms with E-state index in [1.807, 2.05) is 6.20 Å². The maximum Gasteiger partial charge on any atom is 0.151 e. The fourth-order valence-corrected chi connectivity index (χ4v) is 4.81. The second kappa shape index (κ2) is 10.2. The molecule has 0 unspecified atom stereocenters. The first-order valence-electron chi connectivity index (χ1n) is 12.2. The number of rotatable bonds is 8. The van der Waals surface area contributed by atoms with Crippen LogP contribution in [0.3, 0.4) is 0 Å². The van der Waals surface area contributed by atoms with Crippen molar-refractivity contribution >= 4 is 22.7 Å². The lowest BCUT2D eigenvalue weighted by Gasteiger charge is -2.31. The van der Waals surface area contributed by atoms with Crippen LogP contribution >= 0.6 is 0 Å². The molecule has 2 aliphatic rings. The third kappa shape index (κ3) is 4.70. The Labute approximate surface area is 199 Å². The molecule has 34 heavy (non-hydrogen) atoms. The molecular weight excluding hydrogens is 432 g/mol. The van der Waals surface area contributed by atoms with Crippen LogP contribution in [0.2, 0.25) is 0 Å². The molecule has 0 aliphatic carbocycles. The smallest absolute Gasteiger partial charge is 0.151 e. The van der Waals surface area contributed by atoms with Gasteiger partial charge in [-0.05, 0) is 25.7 Å². The first kappa shape index (κ1) is 22.9. The Balaban J connectivity index is 1.42. The molecule has 0 radical (unpaired) electrons. The van der Waals surface area contributed by atoms with Gasteiger partial charge < -0.3 is 25.4 Å². The van der Waals surface area contributed by atoms with E-state index in [1.165, 1.54) is 0 Å². The topological polar surface area (TPSA) is 116 Å². The van der Waals surface area contributed by atoms with Crippen LogP contribution in [0, 0.1) is 0 Å². The maximum atomic E-state index is 6.22. The number of nitrogens with two attached hydrogens (primary N) is 1. The number of pyridine rings is 1. The third-order valence-corrected chi connectivity index (χ3v) is 6.86. The Morgan fingerprint density at radius 3 is 2.76 bits per heavy atom. The maximum absolute atomic E-state index is 6.22. The van der Waals surface area contributed by atoms with E-state index >= 15 is 0 Å². The summed E-state index contributed by atoms with van der Waals surface area (Å²) in [5.41, 5.74) is 10.4. The van der Waals surface area contributed by atoms with E-state index in [0.29, 0.717) is 24.0 Å². The minimum Gasteiger partial charge on any atom is -0.383 e. The van der Waals surface area contributed by atoms with Crippen molar-refractivity contribution in [3.8, 4) is 11.1 Å². The summed E-state index contributed by atoms with van der Waals surface area (Å²) in [6, 6.07) is 0.634. The largest absolute Gasteiger partial charge is 0.383 e. The molecule has 3 N–H and O–H groups in total. The normalized spacial score (nSPS) is 19.8. The van der Waals surface area contributed by atoms with Crippen LogP contribution in [0.4, 0.5) is 11.6 Å². The van der Waals surface area contributed by atoms with E-state index in [-0.39, 0.29) is 6.04 Å². The van der Waals surface area contributed by atoms with Crippen molar-refractivity contribution in [2.75, 3.05) is 57.6 Å². The van der Waals surface area contributed by atoms with Crippen molar-refractivity contribution in [3.05, 3.63) is 24.3 Å². The number of nitrogen functional groups attached to an aromatic ring is 1. The molecule has 0 spiro atoms. The molecule has 2 fully saturated rings. The van der Waals surface area contributed by atoms with Crippen LogP contribution in [0.25, 0.3) is 22.2 Å². The Kier molecular flexibility index (Phi) is 6.89. The molecular formula is C24H34N8O2. The van der Waals surface area contributed by atoms with Gasteiger partial charge in [0.15, 0.2) is 5.82 Å². The van der Waals surface area contributed by atoms with Crippen LogP contribution in [-0.2, 0) is 15.9 Å². The summed E-state index contributed by atoms with van der Waals surface area (Å²) in [6.07, 6.45) is 9.65. The van der Waals surface area contributed by atoms with Crippen molar-refractivity contribution in [3.63, 3.8) is 0 Å². The zero-order valence-electron chi connectivity index (χ0n) is 20.0. The average molecular weight is 467 g/mol. The molecule has 5 rings (SSSR count). The van der Waals surface area contributed by atoms with Crippen molar-refractivity contribution in [2.45, 2.75) is 44.7 Å². The van der Waals surface area contributed by atoms with E-state index in [4.69, 9.17) is 30.3 Å². The summed E-state index contributed by atoms with van der Waals surface area (Å²) in [5.74, 6) is 1.20. The summed E-state index contributed by atoms with van der Waals surface area (Å²) in [5, 5.41) is 8.24. The fourth-order valence-electron chi connectivity index (χ4n) is 4.81. The number of aryl methyl sites for hydroxylation is 1. The zero-order chi connectivity index (χ0) is 23.5. The van der Waals surface area contributed by atoms with Crippen LogP contribution in [0.15, 0.2) is 18.6 Å². The van der Waals surface area contributed by atoms with Gasteiger partial charge in [0.05, 0.1) is 37.2 Å². The Bertz CT molecular complexity index is 1120. The number of likely N-dealkylation sites (tertiary alicyclic amines) is 1. The quantitative estimate of drug-likeness (QED) is 0.516. The first-order chi connectivity index (χ1) is 16.7. The summed E-state index contributed by atoms with van der Waals surface area (Å²) >= 11 is 0. The fraction of sp³-hybridized carbons (Fsp3) is 0.583. The van der Waals surface area contributed by atoms with Crippen LogP contribution in [-0.4, -0.2) is 82.2 Å². The highest BCUT2D eigenvalue weighted by Gasteiger charge is 2.23. The molecule has 5 heterocycles. The van der Waals surface area contributed by atoms with Gasteiger partial charge in [-0.25, -0.2) is 15.0 Å². The lowest BCUT2D eigenvalue weighted by Crippen LogP contribution is -2.36. The van der Waals surface area contributed by atoms with E-state index in [2.05, 4.69) is 33.0 Å². The number of anilines is 2. The molecule has 0 bridgehead atoms. The number of hydrogen-bond acceptors (Lipinski definition) is 9. The predicted molar refractivity (Wildman–Crippen MR) is 132 cm³/mol. The molecule has 182 valence electrons. The molecule has 10 heteroatoms.